The van der Waals surface area contributed by atoms with Gasteiger partial charge in [-0.05, 0) is 6.07 Å². The molecule has 0 saturated carbocycles. The molecule has 1 atom stereocenters. The van der Waals surface area contributed by atoms with Crippen LogP contribution < -0.4 is 10.3 Å². The number of aromatic nitrogens is 1. The van der Waals surface area contributed by atoms with E-state index in [4.69, 9.17) is 11.6 Å². The van der Waals surface area contributed by atoms with Crippen molar-refractivity contribution >= 4 is 40.3 Å². The molecular formula is C12H8ClF6N4OS+. The Hall–Kier alpha value is -1.69. The fourth-order valence-corrected chi connectivity index (χ4v) is 3.52. The van der Waals surface area contributed by atoms with Crippen molar-refractivity contribution < 1.29 is 36.1 Å². The van der Waals surface area contributed by atoms with Crippen molar-refractivity contribution in [2.24, 2.45) is 4.99 Å². The number of carbonyl (C=O) groups is 1. The lowest BCUT2D eigenvalue weighted by molar-refractivity contribution is -0.366. The van der Waals surface area contributed by atoms with Crippen LogP contribution in [0.25, 0.3) is 0 Å². The SMILES string of the molecule is O=C1N2CCSC2=N[C@]1(Nc1[nH+]cc(C(F)(F)F)cc1Cl)C(F)(F)F. The largest absolute Gasteiger partial charge is 0.464 e. The Morgan fingerprint density at radius 2 is 2.00 bits per heavy atom. The molecule has 1 amide bonds. The van der Waals surface area contributed by atoms with Gasteiger partial charge >= 0.3 is 23.9 Å². The number of aromatic amines is 1. The predicted molar refractivity (Wildman–Crippen MR) is 77.0 cm³/mol. The summed E-state index contributed by atoms with van der Waals surface area (Å²) in [6.45, 7) is 0.0618. The summed E-state index contributed by atoms with van der Waals surface area (Å²) in [6.07, 6.45) is -9.42. The fourth-order valence-electron chi connectivity index (χ4n) is 2.32. The van der Waals surface area contributed by atoms with E-state index >= 15 is 0 Å². The smallest absolute Gasteiger partial charge is 0.284 e. The number of nitrogens with one attached hydrogen (secondary N) is 2. The summed E-state index contributed by atoms with van der Waals surface area (Å²) < 4.78 is 78.7. The molecule has 1 fully saturated rings. The van der Waals surface area contributed by atoms with Gasteiger partial charge in [0.05, 0.1) is 5.56 Å². The van der Waals surface area contributed by atoms with E-state index in [1.807, 2.05) is 10.3 Å². The molecule has 3 rings (SSSR count). The first-order valence-corrected chi connectivity index (χ1v) is 8.00. The molecule has 1 saturated heterocycles. The summed E-state index contributed by atoms with van der Waals surface area (Å²) in [6, 6.07) is 0.451. The predicted octanol–water partition coefficient (Wildman–Crippen LogP) is 2.79. The number of fused-ring (bicyclic) bond motifs is 1. The van der Waals surface area contributed by atoms with Crippen LogP contribution in [0.4, 0.5) is 32.2 Å². The van der Waals surface area contributed by atoms with Crippen molar-refractivity contribution in [3.63, 3.8) is 0 Å². The Kier molecular flexibility index (Phi) is 4.10. The van der Waals surface area contributed by atoms with Crippen molar-refractivity contribution in [1.29, 1.82) is 0 Å². The van der Waals surface area contributed by atoms with E-state index in [1.165, 1.54) is 0 Å². The monoisotopic (exact) mass is 405 g/mol. The molecule has 25 heavy (non-hydrogen) atoms. The van der Waals surface area contributed by atoms with Gasteiger partial charge in [0.15, 0.2) is 5.17 Å². The van der Waals surface area contributed by atoms with Gasteiger partial charge in [0.1, 0.15) is 11.2 Å². The van der Waals surface area contributed by atoms with E-state index in [1.54, 1.807) is 0 Å². The molecular weight excluding hydrogens is 398 g/mol. The summed E-state index contributed by atoms with van der Waals surface area (Å²) in [7, 11) is 0. The van der Waals surface area contributed by atoms with Crippen LogP contribution in [0.3, 0.4) is 0 Å². The number of carbonyl (C=O) groups excluding carboxylic acids is 1. The molecule has 5 nitrogen and oxygen atoms in total. The Bertz CT molecular complexity index is 767. The third-order valence-corrected chi connectivity index (χ3v) is 4.79. The maximum Gasteiger partial charge on any atom is 0.464 e. The second kappa shape index (κ2) is 5.66. The molecule has 1 aromatic rings. The third kappa shape index (κ3) is 2.90. The number of hydrogen-bond acceptors (Lipinski definition) is 4. The maximum atomic E-state index is 13.6. The molecule has 1 aromatic heterocycles. The van der Waals surface area contributed by atoms with Crippen LogP contribution >= 0.6 is 23.4 Å². The van der Waals surface area contributed by atoms with Gasteiger partial charge in [-0.3, -0.25) is 9.69 Å². The lowest BCUT2D eigenvalue weighted by Gasteiger charge is -2.24. The number of amides is 1. The van der Waals surface area contributed by atoms with Crippen LogP contribution in [0, 0.1) is 0 Å². The zero-order valence-corrected chi connectivity index (χ0v) is 13.5. The second-order valence-corrected chi connectivity index (χ2v) is 6.61. The number of hydrogen-bond donors (Lipinski definition) is 1. The van der Waals surface area contributed by atoms with Crippen molar-refractivity contribution in [2.75, 3.05) is 17.6 Å². The topological polar surface area (TPSA) is 58.8 Å². The number of aliphatic imine (C=N–C) groups is 1. The van der Waals surface area contributed by atoms with Crippen molar-refractivity contribution in [3.8, 4) is 0 Å². The molecule has 0 bridgehead atoms. The number of halogens is 7. The average Bonchev–Trinajstić information content (AvgIpc) is 3.02. The van der Waals surface area contributed by atoms with Crippen LogP contribution in [0.1, 0.15) is 5.56 Å². The Balaban J connectivity index is 2.02. The fraction of sp³-hybridized carbons (Fsp3) is 0.417. The summed E-state index contributed by atoms with van der Waals surface area (Å²) in [5.41, 5.74) is -4.51. The van der Waals surface area contributed by atoms with Gasteiger partial charge < -0.3 is 0 Å². The number of nitrogens with zero attached hydrogens (tertiary/aromatic N) is 2. The first kappa shape index (κ1) is 18.1. The third-order valence-electron chi connectivity index (χ3n) is 3.53. The summed E-state index contributed by atoms with van der Waals surface area (Å²) in [4.78, 5) is 18.6. The van der Waals surface area contributed by atoms with E-state index < -0.39 is 40.3 Å². The first-order chi connectivity index (χ1) is 11.5. The van der Waals surface area contributed by atoms with Gasteiger partial charge in [0.25, 0.3) is 5.82 Å². The van der Waals surface area contributed by atoms with E-state index in [9.17, 15) is 31.1 Å². The molecule has 0 spiro atoms. The number of pyridine rings is 1. The number of amidine groups is 1. The highest BCUT2D eigenvalue weighted by atomic mass is 35.5. The highest BCUT2D eigenvalue weighted by Crippen LogP contribution is 2.43. The van der Waals surface area contributed by atoms with Crippen molar-refractivity contribution in [2.45, 2.75) is 18.0 Å². The quantitative estimate of drug-likeness (QED) is 0.770. The van der Waals surface area contributed by atoms with Gasteiger partial charge in [0, 0.05) is 12.3 Å². The summed E-state index contributed by atoms with van der Waals surface area (Å²) in [5, 5.41) is 1.09. The standard InChI is InChI=1S/C12H7ClF6N4OS/c13-6-3-5(11(14,15)16)4-20-7(6)21-10(12(17,18)19)8(24)23-1-2-25-9(23)22-10/h3-4H,1-2H2,(H,20,21)/p+1/t10-/m0/s1. The number of H-pyrrole nitrogens is 1. The minimum absolute atomic E-state index is 0.0618. The molecule has 0 aromatic carbocycles. The van der Waals surface area contributed by atoms with Crippen LogP contribution in [-0.4, -0.2) is 40.1 Å². The molecule has 0 aliphatic carbocycles. The van der Waals surface area contributed by atoms with Gasteiger partial charge in [-0.15, -0.1) is 0 Å². The Morgan fingerprint density at radius 3 is 2.52 bits per heavy atom. The second-order valence-electron chi connectivity index (χ2n) is 5.14. The van der Waals surface area contributed by atoms with Crippen LogP contribution in [-0.2, 0) is 11.0 Å². The van der Waals surface area contributed by atoms with Crippen molar-refractivity contribution in [3.05, 3.63) is 22.8 Å². The highest BCUT2D eigenvalue weighted by molar-refractivity contribution is 8.14. The average molecular weight is 406 g/mol. The minimum atomic E-state index is -5.14. The van der Waals surface area contributed by atoms with Crippen LogP contribution in [0.15, 0.2) is 17.3 Å². The lowest BCUT2D eigenvalue weighted by atomic mass is 10.1. The normalized spacial score (nSPS) is 23.7. The number of alkyl halides is 6. The molecule has 3 heterocycles. The lowest BCUT2D eigenvalue weighted by Crippen LogP contribution is -2.58. The van der Waals surface area contributed by atoms with E-state index in [0.717, 1.165) is 16.7 Å². The summed E-state index contributed by atoms with van der Waals surface area (Å²) in [5.74, 6) is -1.55. The summed E-state index contributed by atoms with van der Waals surface area (Å²) >= 11 is 6.63. The number of rotatable bonds is 2. The first-order valence-electron chi connectivity index (χ1n) is 6.64. The van der Waals surface area contributed by atoms with Gasteiger partial charge in [-0.25, -0.2) is 10.3 Å². The molecule has 13 heteroatoms. The molecule has 136 valence electrons. The zero-order chi connectivity index (χ0) is 18.6. The van der Waals surface area contributed by atoms with Crippen molar-refractivity contribution in [1.82, 2.24) is 4.90 Å². The highest BCUT2D eigenvalue weighted by Gasteiger charge is 2.71. The van der Waals surface area contributed by atoms with Gasteiger partial charge in [-0.1, -0.05) is 23.4 Å². The molecule has 2 aliphatic heterocycles. The van der Waals surface area contributed by atoms with Gasteiger partial charge in [0.2, 0.25) is 0 Å². The molecule has 0 radical (unpaired) electrons. The maximum absolute atomic E-state index is 13.6. The Labute approximate surface area is 145 Å². The Morgan fingerprint density at radius 1 is 1.32 bits per heavy atom. The molecule has 2 N–H and O–H groups in total. The van der Waals surface area contributed by atoms with E-state index in [0.29, 0.717) is 18.0 Å². The van der Waals surface area contributed by atoms with Gasteiger partial charge in [-0.2, -0.15) is 31.3 Å². The van der Waals surface area contributed by atoms with E-state index in [2.05, 4.69) is 4.99 Å². The number of thioether (sulfide) groups is 1. The molecule has 2 aliphatic rings. The zero-order valence-electron chi connectivity index (χ0n) is 11.9. The van der Waals surface area contributed by atoms with Crippen LogP contribution in [0.2, 0.25) is 5.02 Å². The van der Waals surface area contributed by atoms with Crippen LogP contribution in [0.5, 0.6) is 0 Å². The number of anilines is 1. The van der Waals surface area contributed by atoms with E-state index in [-0.39, 0.29) is 11.7 Å². The minimum Gasteiger partial charge on any atom is -0.284 e. The molecule has 0 unspecified atom stereocenters.